The largest absolute Gasteiger partial charge is 0.323 e. The Bertz CT molecular complexity index is 639. The summed E-state index contributed by atoms with van der Waals surface area (Å²) in [7, 11) is -1.36. The third kappa shape index (κ3) is 4.58. The van der Waals surface area contributed by atoms with E-state index in [0.29, 0.717) is 0 Å². The lowest BCUT2D eigenvalue weighted by molar-refractivity contribution is -0.480. The molecule has 1 aromatic carbocycles. The predicted molar refractivity (Wildman–Crippen MR) is 107 cm³/mol. The van der Waals surface area contributed by atoms with Gasteiger partial charge in [0.1, 0.15) is 8.07 Å². The fraction of sp³-hybridized carbons (Fsp3) is 0.636. The van der Waals surface area contributed by atoms with Gasteiger partial charge in [-0.1, -0.05) is 58.2 Å². The minimum absolute atomic E-state index is 0.0399. The summed E-state index contributed by atoms with van der Waals surface area (Å²) in [4.78, 5) is 0. The van der Waals surface area contributed by atoms with Gasteiger partial charge in [0.25, 0.3) is 0 Å². The highest BCUT2D eigenvalue weighted by Crippen LogP contribution is 2.46. The second-order valence-corrected chi connectivity index (χ2v) is 13.6. The van der Waals surface area contributed by atoms with Crippen molar-refractivity contribution >= 4 is 8.07 Å². The lowest BCUT2D eigenvalue weighted by Gasteiger charge is -2.52. The summed E-state index contributed by atoms with van der Waals surface area (Å²) in [6.45, 7) is 11.2. The molecule has 0 amide bonds. The molecule has 3 aliphatic heterocycles. The van der Waals surface area contributed by atoms with E-state index < -0.39 is 14.0 Å². The first kappa shape index (κ1) is 19.6. The molecule has 0 aromatic heterocycles. The van der Waals surface area contributed by atoms with Gasteiger partial charge in [0, 0.05) is 16.5 Å². The molecule has 3 aliphatic rings. The maximum absolute atomic E-state index is 6.09. The predicted octanol–water partition coefficient (Wildman–Crippen LogP) is 5.06. The number of benzene rings is 1. The van der Waals surface area contributed by atoms with E-state index in [0.717, 1.165) is 37.4 Å². The van der Waals surface area contributed by atoms with Gasteiger partial charge in [-0.3, -0.25) is 0 Å². The summed E-state index contributed by atoms with van der Waals surface area (Å²) in [5, 5.41) is 0. The van der Waals surface area contributed by atoms with E-state index in [9.17, 15) is 0 Å². The molecule has 0 atom stereocenters. The molecular formula is C22H32O3Si. The maximum atomic E-state index is 6.09. The Kier molecular flexibility index (Phi) is 5.93. The smallest absolute Gasteiger partial charge is 0.312 e. The van der Waals surface area contributed by atoms with Gasteiger partial charge in [0.15, 0.2) is 0 Å². The molecule has 26 heavy (non-hydrogen) atoms. The quantitative estimate of drug-likeness (QED) is 0.397. The van der Waals surface area contributed by atoms with Gasteiger partial charge in [-0.25, -0.2) is 0 Å². The zero-order valence-corrected chi connectivity index (χ0v) is 17.7. The SMILES string of the molecule is CCCCCCC12COC(c3ccc(C#C[Si](C)(C)C)cc3)(OC1)OC2. The lowest BCUT2D eigenvalue weighted by atomic mass is 9.82. The Hall–Kier alpha value is -1.12. The van der Waals surface area contributed by atoms with E-state index in [4.69, 9.17) is 14.2 Å². The number of unbranched alkanes of at least 4 members (excludes halogenated alkanes) is 3. The van der Waals surface area contributed by atoms with Gasteiger partial charge in [-0.2, -0.15) is 0 Å². The Labute approximate surface area is 159 Å². The van der Waals surface area contributed by atoms with Crippen LogP contribution in [0.15, 0.2) is 24.3 Å². The Morgan fingerprint density at radius 1 is 0.923 bits per heavy atom. The number of hydrogen-bond donors (Lipinski definition) is 0. The van der Waals surface area contributed by atoms with Crippen molar-refractivity contribution in [2.75, 3.05) is 19.8 Å². The zero-order valence-electron chi connectivity index (χ0n) is 16.7. The van der Waals surface area contributed by atoms with Crippen LogP contribution in [0.5, 0.6) is 0 Å². The van der Waals surface area contributed by atoms with Crippen molar-refractivity contribution in [1.82, 2.24) is 0 Å². The van der Waals surface area contributed by atoms with E-state index in [1.165, 1.54) is 25.7 Å². The highest BCUT2D eigenvalue weighted by Gasteiger charge is 2.53. The molecule has 3 fully saturated rings. The molecule has 142 valence electrons. The number of rotatable bonds is 6. The molecule has 0 aliphatic carbocycles. The van der Waals surface area contributed by atoms with Crippen molar-refractivity contribution in [3.8, 4) is 11.5 Å². The first-order chi connectivity index (χ1) is 12.4. The van der Waals surface area contributed by atoms with Crippen LogP contribution in [0, 0.1) is 16.9 Å². The van der Waals surface area contributed by atoms with Gasteiger partial charge >= 0.3 is 5.97 Å². The first-order valence-corrected chi connectivity index (χ1v) is 13.4. The minimum atomic E-state index is -1.36. The van der Waals surface area contributed by atoms with E-state index in [2.05, 4.69) is 38.0 Å². The molecule has 1 aromatic rings. The molecular weight excluding hydrogens is 340 g/mol. The van der Waals surface area contributed by atoms with Crippen LogP contribution < -0.4 is 0 Å². The van der Waals surface area contributed by atoms with E-state index in [1.807, 2.05) is 24.3 Å². The van der Waals surface area contributed by atoms with Crippen LogP contribution >= 0.6 is 0 Å². The molecule has 3 nitrogen and oxygen atoms in total. The summed E-state index contributed by atoms with van der Waals surface area (Å²) >= 11 is 0. The molecule has 3 heterocycles. The number of ether oxygens (including phenoxy) is 3. The summed E-state index contributed by atoms with van der Waals surface area (Å²) in [5.41, 5.74) is 5.40. The Balaban J connectivity index is 1.62. The van der Waals surface area contributed by atoms with Crippen LogP contribution in [0.25, 0.3) is 0 Å². The summed E-state index contributed by atoms with van der Waals surface area (Å²) < 4.78 is 18.3. The van der Waals surface area contributed by atoms with E-state index >= 15 is 0 Å². The summed E-state index contributed by atoms with van der Waals surface area (Å²) in [6, 6.07) is 8.12. The van der Waals surface area contributed by atoms with Crippen molar-refractivity contribution in [2.24, 2.45) is 5.41 Å². The van der Waals surface area contributed by atoms with E-state index in [1.54, 1.807) is 0 Å². The van der Waals surface area contributed by atoms with Crippen molar-refractivity contribution < 1.29 is 14.2 Å². The minimum Gasteiger partial charge on any atom is -0.323 e. The van der Waals surface area contributed by atoms with Crippen molar-refractivity contribution in [1.29, 1.82) is 0 Å². The highest BCUT2D eigenvalue weighted by atomic mass is 28.3. The maximum Gasteiger partial charge on any atom is 0.312 e. The summed E-state index contributed by atoms with van der Waals surface area (Å²) in [6.07, 6.45) is 6.19. The topological polar surface area (TPSA) is 27.7 Å². The van der Waals surface area contributed by atoms with Crippen LogP contribution in [-0.4, -0.2) is 27.9 Å². The molecule has 0 unspecified atom stereocenters. The molecule has 4 rings (SSSR count). The fourth-order valence-electron chi connectivity index (χ4n) is 3.40. The lowest BCUT2D eigenvalue weighted by Crippen LogP contribution is -2.58. The van der Waals surface area contributed by atoms with Crippen LogP contribution in [0.3, 0.4) is 0 Å². The third-order valence-corrected chi connectivity index (χ3v) is 5.96. The molecule has 0 spiro atoms. The average molecular weight is 373 g/mol. The van der Waals surface area contributed by atoms with Crippen LogP contribution in [-0.2, 0) is 20.2 Å². The van der Waals surface area contributed by atoms with Gasteiger partial charge in [0.05, 0.1) is 19.8 Å². The normalized spacial score (nSPS) is 27.8. The van der Waals surface area contributed by atoms with Crippen LogP contribution in [0.1, 0.15) is 50.2 Å². The fourth-order valence-corrected chi connectivity index (χ4v) is 3.92. The molecule has 0 radical (unpaired) electrons. The van der Waals surface area contributed by atoms with Crippen molar-refractivity contribution in [3.05, 3.63) is 35.4 Å². The second kappa shape index (κ2) is 7.86. The van der Waals surface area contributed by atoms with Crippen molar-refractivity contribution in [2.45, 2.75) is 64.6 Å². The summed E-state index contributed by atoms with van der Waals surface area (Å²) in [5.74, 6) is 2.27. The highest BCUT2D eigenvalue weighted by molar-refractivity contribution is 6.83. The zero-order chi connectivity index (χ0) is 18.7. The number of hydrogen-bond acceptors (Lipinski definition) is 3. The second-order valence-electron chi connectivity index (χ2n) is 8.81. The standard InChI is InChI=1S/C22H32O3Si/c1-5-6-7-8-14-21-16-23-22(24-17-21,25-18-21)20-11-9-19(10-12-20)13-15-26(2,3)4/h9-12H,5-8,14,16-18H2,1-4H3. The molecule has 3 saturated heterocycles. The average Bonchev–Trinajstić information content (AvgIpc) is 2.65. The van der Waals surface area contributed by atoms with Crippen LogP contribution in [0.4, 0.5) is 0 Å². The van der Waals surface area contributed by atoms with Gasteiger partial charge in [-0.15, -0.1) is 5.54 Å². The van der Waals surface area contributed by atoms with Crippen LogP contribution in [0.2, 0.25) is 19.6 Å². The van der Waals surface area contributed by atoms with Gasteiger partial charge < -0.3 is 14.2 Å². The van der Waals surface area contributed by atoms with Gasteiger partial charge in [0.2, 0.25) is 0 Å². The van der Waals surface area contributed by atoms with Gasteiger partial charge in [-0.05, 0) is 30.7 Å². The molecule has 0 N–H and O–H groups in total. The Morgan fingerprint density at radius 2 is 1.54 bits per heavy atom. The van der Waals surface area contributed by atoms with Crippen molar-refractivity contribution in [3.63, 3.8) is 0 Å². The molecule has 0 saturated carbocycles. The van der Waals surface area contributed by atoms with E-state index in [-0.39, 0.29) is 5.41 Å². The molecule has 4 heteroatoms. The first-order valence-electron chi connectivity index (χ1n) is 9.92. The number of fused-ring (bicyclic) bond motifs is 3. The third-order valence-electron chi connectivity index (χ3n) is 5.09. The molecule has 2 bridgehead atoms. The Morgan fingerprint density at radius 3 is 2.08 bits per heavy atom. The monoisotopic (exact) mass is 372 g/mol.